The van der Waals surface area contributed by atoms with E-state index in [1.165, 1.54) is 6.08 Å². The molecule has 0 aliphatic carbocycles. The topological polar surface area (TPSA) is 124 Å². The molecule has 0 aromatic heterocycles. The van der Waals surface area contributed by atoms with Gasteiger partial charge in [0.25, 0.3) is 0 Å². The fourth-order valence-corrected chi connectivity index (χ4v) is 4.52. The van der Waals surface area contributed by atoms with Crippen molar-refractivity contribution in [3.8, 4) is 23.0 Å². The van der Waals surface area contributed by atoms with Crippen molar-refractivity contribution in [1.29, 1.82) is 0 Å². The molecule has 204 valence electrons. The van der Waals surface area contributed by atoms with Crippen LogP contribution in [0.25, 0.3) is 10.8 Å². The van der Waals surface area contributed by atoms with E-state index in [4.69, 9.17) is 24.1 Å². The number of carbonyl (C=O) groups is 2. The lowest BCUT2D eigenvalue weighted by atomic mass is 9.94. The van der Waals surface area contributed by atoms with Crippen LogP contribution in [0.2, 0.25) is 0 Å². The molecule has 0 bridgehead atoms. The van der Waals surface area contributed by atoms with Crippen molar-refractivity contribution >= 4 is 28.5 Å². The van der Waals surface area contributed by atoms with Crippen LogP contribution in [0.3, 0.4) is 0 Å². The van der Waals surface area contributed by atoms with Gasteiger partial charge in [0.1, 0.15) is 17.6 Å². The lowest BCUT2D eigenvalue weighted by Crippen LogP contribution is -2.31. The van der Waals surface area contributed by atoms with E-state index in [1.807, 2.05) is 36.4 Å². The molecule has 0 saturated heterocycles. The number of carboxylic acid groups (broad SMARTS) is 1. The van der Waals surface area contributed by atoms with Gasteiger partial charge in [-0.25, -0.2) is 9.59 Å². The van der Waals surface area contributed by atoms with Crippen LogP contribution in [0, 0.1) is 0 Å². The Bertz CT molecular complexity index is 1540. The third-order valence-electron chi connectivity index (χ3n) is 6.34. The van der Waals surface area contributed by atoms with Crippen molar-refractivity contribution in [3.05, 3.63) is 103 Å². The summed E-state index contributed by atoms with van der Waals surface area (Å²) in [7, 11) is 0. The lowest BCUT2D eigenvalue weighted by molar-refractivity contribution is -0.131. The molecule has 3 N–H and O–H groups in total. The van der Waals surface area contributed by atoms with Crippen LogP contribution in [-0.4, -0.2) is 35.2 Å². The van der Waals surface area contributed by atoms with Crippen LogP contribution < -0.4 is 19.5 Å². The van der Waals surface area contributed by atoms with Crippen molar-refractivity contribution < 1.29 is 38.7 Å². The molecule has 5 rings (SSSR count). The number of carbonyl (C=O) groups excluding carboxylic acids is 1. The molecule has 1 heterocycles. The van der Waals surface area contributed by atoms with Gasteiger partial charge in [-0.2, -0.15) is 0 Å². The fourth-order valence-electron chi connectivity index (χ4n) is 4.52. The first-order valence-corrected chi connectivity index (χ1v) is 12.7. The van der Waals surface area contributed by atoms with Crippen LogP contribution in [0.1, 0.15) is 24.5 Å². The minimum Gasteiger partial charge on any atom is -0.507 e. The highest BCUT2D eigenvalue weighted by Crippen LogP contribution is 2.37. The fraction of sp³-hybridized carbons (Fsp3) is 0.161. The van der Waals surface area contributed by atoms with E-state index in [0.717, 1.165) is 6.08 Å². The molecule has 0 fully saturated rings. The third-order valence-corrected chi connectivity index (χ3v) is 6.34. The maximum atomic E-state index is 13.3. The van der Waals surface area contributed by atoms with E-state index in [0.29, 0.717) is 52.1 Å². The van der Waals surface area contributed by atoms with Crippen molar-refractivity contribution in [2.45, 2.75) is 25.0 Å². The van der Waals surface area contributed by atoms with Crippen molar-refractivity contribution in [1.82, 2.24) is 0 Å². The van der Waals surface area contributed by atoms with Gasteiger partial charge < -0.3 is 29.2 Å². The number of allylic oxidation sites excluding steroid dienone is 1. The van der Waals surface area contributed by atoms with Gasteiger partial charge in [0.05, 0.1) is 0 Å². The third kappa shape index (κ3) is 6.27. The molecule has 40 heavy (non-hydrogen) atoms. The largest absolute Gasteiger partial charge is 0.507 e. The van der Waals surface area contributed by atoms with E-state index in [2.05, 4.69) is 5.32 Å². The van der Waals surface area contributed by atoms with E-state index < -0.39 is 24.3 Å². The molecule has 2 atom stereocenters. The number of para-hydroxylation sites is 1. The lowest BCUT2D eigenvalue weighted by Gasteiger charge is -2.29. The van der Waals surface area contributed by atoms with Crippen LogP contribution in [0.4, 0.5) is 10.5 Å². The number of ether oxygens (including phenoxy) is 4. The van der Waals surface area contributed by atoms with Gasteiger partial charge in [-0.05, 0) is 48.6 Å². The molecule has 1 amide bonds. The smallest absolute Gasteiger partial charge is 0.412 e. The van der Waals surface area contributed by atoms with Crippen molar-refractivity contribution in [2.24, 2.45) is 0 Å². The summed E-state index contributed by atoms with van der Waals surface area (Å²) in [5, 5.41) is 23.5. The first kappa shape index (κ1) is 26.4. The summed E-state index contributed by atoms with van der Waals surface area (Å²) in [4.78, 5) is 24.3. The second-order valence-electron chi connectivity index (χ2n) is 9.03. The van der Waals surface area contributed by atoms with Crippen LogP contribution >= 0.6 is 0 Å². The number of carboxylic acids is 1. The summed E-state index contributed by atoms with van der Waals surface area (Å²) in [5.74, 6) is 0.684. The number of anilines is 1. The van der Waals surface area contributed by atoms with Gasteiger partial charge >= 0.3 is 12.1 Å². The summed E-state index contributed by atoms with van der Waals surface area (Å²) >= 11 is 0. The minimum absolute atomic E-state index is 0.0906. The minimum atomic E-state index is -1.05. The van der Waals surface area contributed by atoms with Gasteiger partial charge in [-0.3, -0.25) is 5.32 Å². The molecular formula is C31H27NO8. The Morgan fingerprint density at radius 3 is 2.48 bits per heavy atom. The molecule has 1 aliphatic rings. The first-order valence-electron chi connectivity index (χ1n) is 12.7. The maximum absolute atomic E-state index is 13.3. The number of phenols is 1. The molecule has 4 aromatic rings. The zero-order valence-electron chi connectivity index (χ0n) is 21.4. The van der Waals surface area contributed by atoms with Gasteiger partial charge in [0, 0.05) is 28.8 Å². The molecule has 1 aliphatic heterocycles. The number of benzene rings is 4. The van der Waals surface area contributed by atoms with Gasteiger partial charge in [0.2, 0.25) is 6.79 Å². The number of rotatable bonds is 10. The Kier molecular flexibility index (Phi) is 8.01. The summed E-state index contributed by atoms with van der Waals surface area (Å²) in [6, 6.07) is 24.6. The van der Waals surface area contributed by atoms with Crippen molar-refractivity contribution in [2.75, 3.05) is 12.1 Å². The normalized spacial score (nSPS) is 13.6. The number of amides is 1. The molecule has 0 radical (unpaired) electrons. The Morgan fingerprint density at radius 1 is 0.925 bits per heavy atom. The van der Waals surface area contributed by atoms with Gasteiger partial charge in [0.15, 0.2) is 17.6 Å². The monoisotopic (exact) mass is 541 g/mol. The van der Waals surface area contributed by atoms with Gasteiger partial charge in [-0.1, -0.05) is 54.6 Å². The summed E-state index contributed by atoms with van der Waals surface area (Å²) in [5.41, 5.74) is 1.07. The van der Waals surface area contributed by atoms with Crippen LogP contribution in [0.15, 0.2) is 97.1 Å². The summed E-state index contributed by atoms with van der Waals surface area (Å²) < 4.78 is 23.1. The number of aromatic hydroxyl groups is 1. The second kappa shape index (κ2) is 12.1. The predicted octanol–water partition coefficient (Wildman–Crippen LogP) is 6.43. The number of hydrogen-bond acceptors (Lipinski definition) is 7. The molecule has 0 unspecified atom stereocenters. The highest BCUT2D eigenvalue weighted by molar-refractivity contribution is 5.92. The highest BCUT2D eigenvalue weighted by atomic mass is 16.7. The Hall–Kier alpha value is -5.18. The van der Waals surface area contributed by atoms with Crippen LogP contribution in [-0.2, 0) is 9.53 Å². The van der Waals surface area contributed by atoms with Crippen LogP contribution in [0.5, 0.6) is 23.0 Å². The highest BCUT2D eigenvalue weighted by Gasteiger charge is 2.31. The zero-order valence-corrected chi connectivity index (χ0v) is 21.4. The number of aliphatic carboxylic acids is 1. The molecule has 9 nitrogen and oxygen atoms in total. The second-order valence-corrected chi connectivity index (χ2v) is 9.03. The van der Waals surface area contributed by atoms with E-state index in [1.54, 1.807) is 48.5 Å². The summed E-state index contributed by atoms with van der Waals surface area (Å²) in [6.45, 7) is 0.105. The molecule has 9 heteroatoms. The molecular weight excluding hydrogens is 514 g/mol. The van der Waals surface area contributed by atoms with E-state index >= 15 is 0 Å². The van der Waals surface area contributed by atoms with Gasteiger partial charge in [-0.15, -0.1) is 0 Å². The zero-order chi connectivity index (χ0) is 27.9. The number of fused-ring (bicyclic) bond motifs is 2. The molecule has 0 saturated carbocycles. The summed E-state index contributed by atoms with van der Waals surface area (Å²) in [6.07, 6.45) is 0.900. The Morgan fingerprint density at radius 2 is 1.68 bits per heavy atom. The molecule has 4 aromatic carbocycles. The Labute approximate surface area is 230 Å². The molecule has 0 spiro atoms. The average Bonchev–Trinajstić information content (AvgIpc) is 3.43. The SMILES string of the molecule is O=C(O)/C=C/CC[C@@H](Oc1ccccc1)[C@H](OC(=O)Nc1ccc2c(c1)OCO2)c1ccc(O)c2ccccc12. The number of nitrogens with one attached hydrogen (secondary N) is 1. The maximum Gasteiger partial charge on any atom is 0.412 e. The number of phenolic OH excluding ortho intramolecular Hbond substituents is 1. The quantitative estimate of drug-likeness (QED) is 0.196. The predicted molar refractivity (Wildman–Crippen MR) is 148 cm³/mol. The van der Waals surface area contributed by atoms with Crippen molar-refractivity contribution in [3.63, 3.8) is 0 Å². The van der Waals surface area contributed by atoms with E-state index in [9.17, 15) is 14.7 Å². The number of hydrogen-bond donors (Lipinski definition) is 3. The average molecular weight is 542 g/mol. The first-order chi connectivity index (χ1) is 19.5. The van der Waals surface area contributed by atoms with E-state index in [-0.39, 0.29) is 12.5 Å². The Balaban J connectivity index is 1.50. The standard InChI is InChI=1S/C31H27NO8/c33-25-16-15-24(22-10-4-5-11-23(22)25)30(40-31(36)32-20-14-17-26-28(18-20)38-19-37-26)27(12-6-7-13-29(34)35)39-21-8-2-1-3-9-21/h1-5,7-11,13-18,27,30,33H,6,12,19H2,(H,32,36)(H,34,35)/b13-7+/t27-,30-/m1/s1.